The van der Waals surface area contributed by atoms with Gasteiger partial charge in [-0.2, -0.15) is 5.26 Å². The van der Waals surface area contributed by atoms with Crippen molar-refractivity contribution in [2.45, 2.75) is 57.0 Å². The van der Waals surface area contributed by atoms with Crippen molar-refractivity contribution in [2.24, 2.45) is 23.5 Å². The normalized spacial score (nSPS) is 26.7. The summed E-state index contributed by atoms with van der Waals surface area (Å²) in [4.78, 5) is 26.9. The van der Waals surface area contributed by atoms with Crippen LogP contribution in [0.5, 0.6) is 0 Å². The summed E-state index contributed by atoms with van der Waals surface area (Å²) in [7, 11) is 0. The van der Waals surface area contributed by atoms with Gasteiger partial charge in [-0.1, -0.05) is 25.0 Å². The van der Waals surface area contributed by atoms with E-state index in [9.17, 15) is 4.79 Å². The van der Waals surface area contributed by atoms with Crippen molar-refractivity contribution >= 4 is 17.6 Å². The molecule has 2 aliphatic carbocycles. The lowest BCUT2D eigenvalue weighted by molar-refractivity contribution is 0.100. The number of nitrogens with zero attached hydrogens (tertiary/aromatic N) is 5. The number of nitrogens with one attached hydrogen (secondary N) is 1. The minimum atomic E-state index is -0.462. The standard InChI is InChI=1S/C28H31N7O2/c29-12-26-31-13-22(14-32-26)35-16-17-8-21(24(35)9-17)10-18-4-1-2-7-23(18)34-28-33-15-25(37-28)19-5-3-6-20(11-19)27(30)36/h3,5-6,11,13-15,17-18,21,23-24H,1-2,4,7-10,16H2,(H2,30,36)(H,33,34)/t17-,18+,21-,23-,24-/m1/s1. The highest BCUT2D eigenvalue weighted by Crippen LogP contribution is 2.47. The van der Waals surface area contributed by atoms with Crippen LogP contribution in [0.1, 0.15) is 61.1 Å². The number of rotatable bonds is 7. The largest absolute Gasteiger partial charge is 0.424 e. The highest BCUT2D eigenvalue weighted by molar-refractivity contribution is 5.93. The number of anilines is 2. The van der Waals surface area contributed by atoms with Gasteiger partial charge in [0.05, 0.1) is 24.3 Å². The Balaban J connectivity index is 1.13. The second kappa shape index (κ2) is 9.85. The zero-order chi connectivity index (χ0) is 25.4. The lowest BCUT2D eigenvalue weighted by atomic mass is 9.77. The van der Waals surface area contributed by atoms with Gasteiger partial charge in [0.2, 0.25) is 11.7 Å². The molecule has 3 N–H and O–H groups in total. The number of hydrogen-bond acceptors (Lipinski definition) is 8. The molecule has 0 spiro atoms. The molecule has 9 nitrogen and oxygen atoms in total. The number of oxazole rings is 1. The second-order valence-corrected chi connectivity index (χ2v) is 10.7. The van der Waals surface area contributed by atoms with Crippen molar-refractivity contribution in [1.82, 2.24) is 15.0 Å². The summed E-state index contributed by atoms with van der Waals surface area (Å²) in [5.41, 5.74) is 7.69. The topological polar surface area (TPSA) is 134 Å². The van der Waals surface area contributed by atoms with Crippen LogP contribution in [0.25, 0.3) is 11.3 Å². The molecule has 5 atom stereocenters. The third-order valence-electron chi connectivity index (χ3n) is 8.44. The monoisotopic (exact) mass is 497 g/mol. The molecule has 2 saturated carbocycles. The number of nitrogens with two attached hydrogens (primary N) is 1. The van der Waals surface area contributed by atoms with Crippen LogP contribution in [-0.4, -0.2) is 39.5 Å². The maximum absolute atomic E-state index is 11.5. The lowest BCUT2D eigenvalue weighted by Crippen LogP contribution is -2.41. The Hall–Kier alpha value is -3.93. The zero-order valence-electron chi connectivity index (χ0n) is 20.7. The highest BCUT2D eigenvalue weighted by atomic mass is 16.4. The van der Waals surface area contributed by atoms with Gasteiger partial charge in [0, 0.05) is 29.8 Å². The third-order valence-corrected chi connectivity index (χ3v) is 8.44. The number of fused-ring (bicyclic) bond motifs is 2. The van der Waals surface area contributed by atoms with Gasteiger partial charge in [-0.3, -0.25) is 4.79 Å². The first kappa shape index (κ1) is 23.5. The number of nitriles is 1. The van der Waals surface area contributed by atoms with E-state index in [1.165, 1.54) is 38.5 Å². The fraction of sp³-hybridized carbons (Fsp3) is 0.464. The van der Waals surface area contributed by atoms with Gasteiger partial charge in [0.25, 0.3) is 6.01 Å². The van der Waals surface area contributed by atoms with Gasteiger partial charge in [0.1, 0.15) is 6.07 Å². The number of carbonyl (C=O) groups excluding carboxylic acids is 1. The quantitative estimate of drug-likeness (QED) is 0.491. The molecule has 1 aliphatic heterocycles. The van der Waals surface area contributed by atoms with Gasteiger partial charge in [-0.25, -0.2) is 15.0 Å². The molecule has 1 aromatic carbocycles. The van der Waals surface area contributed by atoms with Gasteiger partial charge in [-0.05, 0) is 62.0 Å². The molecule has 6 rings (SSSR count). The second-order valence-electron chi connectivity index (χ2n) is 10.7. The summed E-state index contributed by atoms with van der Waals surface area (Å²) in [5.74, 6) is 2.29. The van der Waals surface area contributed by atoms with Crippen LogP contribution in [0, 0.1) is 29.1 Å². The average Bonchev–Trinajstić information content (AvgIpc) is 3.66. The van der Waals surface area contributed by atoms with E-state index in [1.54, 1.807) is 36.8 Å². The molecule has 1 saturated heterocycles. The maximum Gasteiger partial charge on any atom is 0.295 e. The van der Waals surface area contributed by atoms with Crippen LogP contribution in [-0.2, 0) is 0 Å². The van der Waals surface area contributed by atoms with E-state index in [0.29, 0.717) is 47.2 Å². The third kappa shape index (κ3) is 4.76. The Kier molecular flexibility index (Phi) is 6.25. The number of hydrogen-bond donors (Lipinski definition) is 2. The molecular weight excluding hydrogens is 466 g/mol. The molecule has 2 aromatic heterocycles. The van der Waals surface area contributed by atoms with Crippen molar-refractivity contribution in [3.63, 3.8) is 0 Å². The predicted molar refractivity (Wildman–Crippen MR) is 139 cm³/mol. The van der Waals surface area contributed by atoms with Gasteiger partial charge in [-0.15, -0.1) is 0 Å². The smallest absolute Gasteiger partial charge is 0.295 e. The summed E-state index contributed by atoms with van der Waals surface area (Å²) in [6.45, 7) is 1.05. The van der Waals surface area contributed by atoms with E-state index in [0.717, 1.165) is 24.2 Å². The Morgan fingerprint density at radius 3 is 2.76 bits per heavy atom. The maximum atomic E-state index is 11.5. The van der Waals surface area contributed by atoms with Crippen LogP contribution >= 0.6 is 0 Å². The zero-order valence-corrected chi connectivity index (χ0v) is 20.7. The Morgan fingerprint density at radius 2 is 1.97 bits per heavy atom. The molecule has 3 aliphatic rings. The summed E-state index contributed by atoms with van der Waals surface area (Å²) in [6.07, 6.45) is 13.8. The van der Waals surface area contributed by atoms with E-state index < -0.39 is 5.91 Å². The molecule has 3 fully saturated rings. The van der Waals surface area contributed by atoms with E-state index >= 15 is 0 Å². The fourth-order valence-electron chi connectivity index (χ4n) is 6.76. The number of aromatic nitrogens is 3. The molecule has 3 heterocycles. The molecule has 0 radical (unpaired) electrons. The minimum absolute atomic E-state index is 0.219. The Bertz CT molecular complexity index is 1310. The number of primary amides is 1. The summed E-state index contributed by atoms with van der Waals surface area (Å²) >= 11 is 0. The summed E-state index contributed by atoms with van der Waals surface area (Å²) < 4.78 is 6.05. The van der Waals surface area contributed by atoms with Crippen molar-refractivity contribution < 1.29 is 9.21 Å². The van der Waals surface area contributed by atoms with Crippen LogP contribution < -0.4 is 16.0 Å². The van der Waals surface area contributed by atoms with Gasteiger partial charge < -0.3 is 20.4 Å². The van der Waals surface area contributed by atoms with Crippen molar-refractivity contribution in [3.8, 4) is 17.4 Å². The number of benzene rings is 1. The lowest BCUT2D eigenvalue weighted by Gasteiger charge is -2.39. The molecule has 0 unspecified atom stereocenters. The molecule has 37 heavy (non-hydrogen) atoms. The van der Waals surface area contributed by atoms with E-state index in [-0.39, 0.29) is 5.82 Å². The summed E-state index contributed by atoms with van der Waals surface area (Å²) in [6, 6.07) is 10.5. The summed E-state index contributed by atoms with van der Waals surface area (Å²) in [5, 5.41) is 12.6. The van der Waals surface area contributed by atoms with Crippen molar-refractivity contribution in [2.75, 3.05) is 16.8 Å². The number of piperidine rings is 1. The average molecular weight is 498 g/mol. The van der Waals surface area contributed by atoms with Gasteiger partial charge in [0.15, 0.2) is 5.76 Å². The van der Waals surface area contributed by atoms with E-state index in [4.69, 9.17) is 15.4 Å². The fourth-order valence-corrected chi connectivity index (χ4v) is 6.76. The highest BCUT2D eigenvalue weighted by Gasteiger charge is 2.46. The molecular formula is C28H31N7O2. The van der Waals surface area contributed by atoms with E-state index in [2.05, 4.69) is 25.2 Å². The molecule has 3 aromatic rings. The predicted octanol–water partition coefficient (Wildman–Crippen LogP) is 4.38. The van der Waals surface area contributed by atoms with E-state index in [1.807, 2.05) is 12.1 Å². The minimum Gasteiger partial charge on any atom is -0.424 e. The molecule has 1 amide bonds. The number of carbonyl (C=O) groups is 1. The first-order valence-electron chi connectivity index (χ1n) is 13.2. The van der Waals surface area contributed by atoms with Crippen molar-refractivity contribution in [1.29, 1.82) is 5.26 Å². The molecule has 9 heteroatoms. The number of amides is 1. The van der Waals surface area contributed by atoms with Gasteiger partial charge >= 0.3 is 0 Å². The molecule has 190 valence electrons. The van der Waals surface area contributed by atoms with Crippen LogP contribution in [0.4, 0.5) is 11.7 Å². The van der Waals surface area contributed by atoms with Crippen LogP contribution in [0.2, 0.25) is 0 Å². The first-order valence-corrected chi connectivity index (χ1v) is 13.2. The SMILES string of the molecule is N#Cc1ncc(N2C[C@@H]3C[C@H](C[C@@H]4CCCC[C@H]4Nc4ncc(-c5cccc(C(N)=O)c5)o4)[C@H]2C3)cn1. The Labute approximate surface area is 216 Å². The van der Waals surface area contributed by atoms with Crippen LogP contribution in [0.15, 0.2) is 47.3 Å². The first-order chi connectivity index (χ1) is 18.1. The van der Waals surface area contributed by atoms with Crippen LogP contribution in [0.3, 0.4) is 0 Å². The Morgan fingerprint density at radius 1 is 1.14 bits per heavy atom. The van der Waals surface area contributed by atoms with Crippen molar-refractivity contribution in [3.05, 3.63) is 54.2 Å². The molecule has 2 bridgehead atoms.